The molecule has 166 valence electrons. The van der Waals surface area contributed by atoms with Gasteiger partial charge in [0.15, 0.2) is 5.82 Å². The number of fused-ring (bicyclic) bond motifs is 1. The minimum Gasteiger partial charge on any atom is -0.497 e. The van der Waals surface area contributed by atoms with Crippen LogP contribution < -0.4 is 9.64 Å². The third kappa shape index (κ3) is 3.86. The summed E-state index contributed by atoms with van der Waals surface area (Å²) in [4.78, 5) is 2.35. The third-order valence-electron chi connectivity index (χ3n) is 6.38. The number of hydrogen-bond acceptors (Lipinski definition) is 5. The Bertz CT molecular complexity index is 1270. The average molecular weight is 442 g/mol. The molecule has 0 amide bonds. The topological polar surface area (TPSA) is 66.9 Å². The van der Waals surface area contributed by atoms with Crippen molar-refractivity contribution in [3.8, 4) is 5.75 Å². The van der Waals surface area contributed by atoms with E-state index in [1.165, 1.54) is 23.3 Å². The number of benzene rings is 3. The molecule has 0 saturated heterocycles. The number of tetrazole rings is 1. The number of aromatic nitrogens is 4. The van der Waals surface area contributed by atoms with Crippen molar-refractivity contribution in [3.63, 3.8) is 0 Å². The zero-order chi connectivity index (χ0) is 22.8. The smallest absolute Gasteiger partial charge is 0.197 e. The molecule has 6 nitrogen and oxygen atoms in total. The van der Waals surface area contributed by atoms with Crippen LogP contribution in [-0.4, -0.2) is 34.3 Å². The molecule has 33 heavy (non-hydrogen) atoms. The summed E-state index contributed by atoms with van der Waals surface area (Å²) in [5.41, 5.74) is 5.21. The zero-order valence-electron chi connectivity index (χ0n) is 18.5. The molecule has 1 aliphatic heterocycles. The first kappa shape index (κ1) is 20.9. The minimum atomic E-state index is -0.437. The van der Waals surface area contributed by atoms with E-state index < -0.39 is 5.54 Å². The highest BCUT2D eigenvalue weighted by atomic mass is 19.1. The number of nitrogens with one attached hydrogen (secondary N) is 1. The Morgan fingerprint density at radius 3 is 2.52 bits per heavy atom. The van der Waals surface area contributed by atoms with Crippen LogP contribution in [0.3, 0.4) is 0 Å². The van der Waals surface area contributed by atoms with Crippen LogP contribution in [0, 0.1) is 5.82 Å². The van der Waals surface area contributed by atoms with Crippen molar-refractivity contribution in [1.82, 2.24) is 20.6 Å². The molecule has 3 aromatic carbocycles. The SMILES string of the molecule is COc1ccc2c(c1)CCN(c1ccc(F)cc1)C2(C)c1ccc(C=Cc2nn[nH]n2)cc1. The fourth-order valence-electron chi connectivity index (χ4n) is 4.63. The highest BCUT2D eigenvalue weighted by Crippen LogP contribution is 2.44. The molecule has 0 spiro atoms. The molecule has 2 heterocycles. The Labute approximate surface area is 191 Å². The van der Waals surface area contributed by atoms with Crippen LogP contribution in [0.2, 0.25) is 0 Å². The number of ether oxygens (including phenoxy) is 1. The number of anilines is 1. The molecule has 0 aliphatic carbocycles. The van der Waals surface area contributed by atoms with Crippen LogP contribution in [0.5, 0.6) is 5.75 Å². The van der Waals surface area contributed by atoms with E-state index in [2.05, 4.69) is 68.8 Å². The molecule has 1 atom stereocenters. The van der Waals surface area contributed by atoms with E-state index in [4.69, 9.17) is 4.74 Å². The highest BCUT2D eigenvalue weighted by Gasteiger charge is 2.40. The normalized spacial score (nSPS) is 17.8. The molecular formula is C26H24FN5O. The quantitative estimate of drug-likeness (QED) is 0.480. The first-order chi connectivity index (χ1) is 16.1. The molecule has 5 rings (SSSR count). The number of rotatable bonds is 5. The van der Waals surface area contributed by atoms with Crippen molar-refractivity contribution in [2.75, 3.05) is 18.6 Å². The molecule has 0 fully saturated rings. The summed E-state index contributed by atoms with van der Waals surface area (Å²) >= 11 is 0. The molecule has 4 aromatic rings. The van der Waals surface area contributed by atoms with E-state index in [1.54, 1.807) is 7.11 Å². The molecule has 0 saturated carbocycles. The van der Waals surface area contributed by atoms with Crippen molar-refractivity contribution in [1.29, 1.82) is 0 Å². The van der Waals surface area contributed by atoms with Gasteiger partial charge in [-0.2, -0.15) is 5.21 Å². The van der Waals surface area contributed by atoms with Crippen LogP contribution in [-0.2, 0) is 12.0 Å². The van der Waals surface area contributed by atoms with Gasteiger partial charge in [0.1, 0.15) is 11.6 Å². The number of nitrogens with zero attached hydrogens (tertiary/aromatic N) is 4. The summed E-state index contributed by atoms with van der Waals surface area (Å²) in [6, 6.07) is 21.5. The molecule has 1 aliphatic rings. The Hall–Kier alpha value is -4.00. The summed E-state index contributed by atoms with van der Waals surface area (Å²) < 4.78 is 19.1. The maximum Gasteiger partial charge on any atom is 0.197 e. The summed E-state index contributed by atoms with van der Waals surface area (Å²) in [6.45, 7) is 3.03. The molecule has 1 unspecified atom stereocenters. The Morgan fingerprint density at radius 2 is 1.82 bits per heavy atom. The Morgan fingerprint density at radius 1 is 1.03 bits per heavy atom. The lowest BCUT2D eigenvalue weighted by molar-refractivity contribution is 0.411. The van der Waals surface area contributed by atoms with Gasteiger partial charge in [0.25, 0.3) is 0 Å². The molecular weight excluding hydrogens is 417 g/mol. The molecule has 1 N–H and O–H groups in total. The first-order valence-corrected chi connectivity index (χ1v) is 10.8. The van der Waals surface area contributed by atoms with Gasteiger partial charge in [0.2, 0.25) is 0 Å². The molecule has 7 heteroatoms. The van der Waals surface area contributed by atoms with Gasteiger partial charge in [-0.3, -0.25) is 0 Å². The van der Waals surface area contributed by atoms with Crippen molar-refractivity contribution < 1.29 is 9.13 Å². The molecule has 0 radical (unpaired) electrons. The second-order valence-electron chi connectivity index (χ2n) is 8.20. The number of methoxy groups -OCH3 is 1. The van der Waals surface area contributed by atoms with Gasteiger partial charge in [-0.25, -0.2) is 4.39 Å². The van der Waals surface area contributed by atoms with E-state index in [9.17, 15) is 4.39 Å². The van der Waals surface area contributed by atoms with E-state index in [0.29, 0.717) is 5.82 Å². The predicted octanol–water partition coefficient (Wildman–Crippen LogP) is 4.84. The Kier molecular flexibility index (Phi) is 5.38. The van der Waals surface area contributed by atoms with E-state index >= 15 is 0 Å². The van der Waals surface area contributed by atoms with Crippen LogP contribution in [0.1, 0.15) is 35.0 Å². The van der Waals surface area contributed by atoms with Gasteiger partial charge >= 0.3 is 0 Å². The monoisotopic (exact) mass is 441 g/mol. The highest BCUT2D eigenvalue weighted by molar-refractivity contribution is 5.67. The van der Waals surface area contributed by atoms with Gasteiger partial charge in [-0.15, -0.1) is 10.2 Å². The summed E-state index contributed by atoms with van der Waals surface area (Å²) in [7, 11) is 1.69. The van der Waals surface area contributed by atoms with Crippen molar-refractivity contribution >= 4 is 17.8 Å². The maximum absolute atomic E-state index is 13.7. The van der Waals surface area contributed by atoms with Gasteiger partial charge in [-0.05, 0) is 83.3 Å². The van der Waals surface area contributed by atoms with Gasteiger partial charge in [-0.1, -0.05) is 36.4 Å². The number of halogens is 1. The second kappa shape index (κ2) is 8.50. The van der Waals surface area contributed by atoms with Crippen LogP contribution in [0.15, 0.2) is 66.7 Å². The van der Waals surface area contributed by atoms with E-state index in [1.807, 2.05) is 30.4 Å². The van der Waals surface area contributed by atoms with Crippen LogP contribution >= 0.6 is 0 Å². The standard InChI is InChI=1S/C26H24FN5O/c1-26(20-6-3-18(4-7-20)5-14-25-28-30-31-29-25)24-13-12-23(33-2)17-19(24)15-16-32(26)22-10-8-21(27)9-11-22/h3-14,17H,15-16H2,1-2H3,(H,28,29,30,31). The Balaban J connectivity index is 1.57. The fourth-order valence-corrected chi connectivity index (χ4v) is 4.63. The fraction of sp³-hybridized carbons (Fsp3) is 0.192. The first-order valence-electron chi connectivity index (χ1n) is 10.8. The summed E-state index contributed by atoms with van der Waals surface area (Å²) in [5, 5.41) is 13.9. The predicted molar refractivity (Wildman–Crippen MR) is 126 cm³/mol. The van der Waals surface area contributed by atoms with Crippen molar-refractivity contribution in [2.24, 2.45) is 0 Å². The number of hydrogen-bond donors (Lipinski definition) is 1. The largest absolute Gasteiger partial charge is 0.497 e. The lowest BCUT2D eigenvalue weighted by Crippen LogP contribution is -2.49. The van der Waals surface area contributed by atoms with Crippen molar-refractivity contribution in [2.45, 2.75) is 18.9 Å². The molecule has 1 aromatic heterocycles. The van der Waals surface area contributed by atoms with Crippen molar-refractivity contribution in [3.05, 3.63) is 101 Å². The van der Waals surface area contributed by atoms with E-state index in [0.717, 1.165) is 35.5 Å². The lowest BCUT2D eigenvalue weighted by Gasteiger charge is -2.48. The van der Waals surface area contributed by atoms with E-state index in [-0.39, 0.29) is 5.82 Å². The molecule has 0 bridgehead atoms. The summed E-state index contributed by atoms with van der Waals surface area (Å²) in [6.07, 6.45) is 4.65. The van der Waals surface area contributed by atoms with Crippen LogP contribution in [0.4, 0.5) is 10.1 Å². The summed E-state index contributed by atoms with van der Waals surface area (Å²) in [5.74, 6) is 1.15. The average Bonchev–Trinajstić information content (AvgIpc) is 3.37. The van der Waals surface area contributed by atoms with Gasteiger partial charge < -0.3 is 9.64 Å². The lowest BCUT2D eigenvalue weighted by atomic mass is 9.76. The zero-order valence-corrected chi connectivity index (χ0v) is 18.5. The van der Waals surface area contributed by atoms with Crippen LogP contribution in [0.25, 0.3) is 12.2 Å². The van der Waals surface area contributed by atoms with Gasteiger partial charge in [0.05, 0.1) is 12.6 Å². The number of H-pyrrole nitrogens is 1. The third-order valence-corrected chi connectivity index (χ3v) is 6.38. The second-order valence-corrected chi connectivity index (χ2v) is 8.20. The number of aromatic amines is 1. The minimum absolute atomic E-state index is 0.236. The van der Waals surface area contributed by atoms with Gasteiger partial charge in [0, 0.05) is 12.2 Å². The maximum atomic E-state index is 13.7.